The molecule has 2 aliphatic carbocycles. The van der Waals surface area contributed by atoms with Gasteiger partial charge in [0.15, 0.2) is 0 Å². The van der Waals surface area contributed by atoms with Gasteiger partial charge in [0.1, 0.15) is 17.6 Å². The zero-order valence-electron chi connectivity index (χ0n) is 20.1. The van der Waals surface area contributed by atoms with Crippen molar-refractivity contribution >= 4 is 21.7 Å². The molecule has 1 heterocycles. The third-order valence-corrected chi connectivity index (χ3v) is 8.80. The van der Waals surface area contributed by atoms with E-state index in [9.17, 15) is 8.42 Å². The average Bonchev–Trinajstić information content (AvgIpc) is 2.85. The van der Waals surface area contributed by atoms with Gasteiger partial charge in [0, 0.05) is 6.04 Å². The topological polar surface area (TPSA) is 62.1 Å². The lowest BCUT2D eigenvalue weighted by Crippen LogP contribution is -2.61. The second kappa shape index (κ2) is 10.0. The first-order valence-electron chi connectivity index (χ1n) is 12.9. The number of hydrogen-bond donors (Lipinski definition) is 0. The number of aliphatic imine (C=N–C) groups is 1. The summed E-state index contributed by atoms with van der Waals surface area (Å²) in [4.78, 5) is 7.74. The van der Waals surface area contributed by atoms with Crippen molar-refractivity contribution in [2.75, 3.05) is 0 Å². The lowest BCUT2D eigenvalue weighted by Gasteiger charge is -2.49. The van der Waals surface area contributed by atoms with Crippen molar-refractivity contribution in [2.24, 2.45) is 9.39 Å². The number of nitrogens with zero attached hydrogens (tertiary/aromatic N) is 3. The minimum Gasteiger partial charge on any atom is -0.313 e. The molecule has 1 unspecified atom stereocenters. The van der Waals surface area contributed by atoms with Crippen LogP contribution in [-0.2, 0) is 10.0 Å². The molecular weight excluding hydrogens is 442 g/mol. The fourth-order valence-electron chi connectivity index (χ4n) is 5.62. The molecule has 2 aromatic carbocycles. The molecule has 0 amide bonds. The van der Waals surface area contributed by atoms with E-state index in [2.05, 4.69) is 21.4 Å². The molecule has 0 bridgehead atoms. The van der Waals surface area contributed by atoms with Crippen LogP contribution in [0.1, 0.15) is 81.3 Å². The van der Waals surface area contributed by atoms with Crippen LogP contribution in [0.25, 0.3) is 0 Å². The van der Waals surface area contributed by atoms with Gasteiger partial charge in [-0.1, -0.05) is 86.6 Å². The van der Waals surface area contributed by atoms with E-state index in [0.29, 0.717) is 11.9 Å². The molecule has 180 valence electrons. The number of hydrogen-bond acceptors (Lipinski definition) is 3. The second-order valence-electron chi connectivity index (χ2n) is 10.0. The van der Waals surface area contributed by atoms with E-state index in [1.54, 1.807) is 12.1 Å². The molecule has 0 N–H and O–H groups in total. The van der Waals surface area contributed by atoms with E-state index in [4.69, 9.17) is 4.99 Å². The maximum Gasteiger partial charge on any atom is 0.283 e. The molecule has 3 fully saturated rings. The van der Waals surface area contributed by atoms with Gasteiger partial charge in [-0.05, 0) is 50.3 Å². The van der Waals surface area contributed by atoms with E-state index in [0.717, 1.165) is 42.6 Å². The predicted molar refractivity (Wildman–Crippen MR) is 138 cm³/mol. The fourth-order valence-corrected chi connectivity index (χ4v) is 6.64. The Hall–Kier alpha value is -2.47. The standard InChI is InChI=1S/C28H35N3O2S/c1-21-17-19-25(20-18-21)34(32,33)30-28-26(22-11-5-2-6-12-22)27(29-23-13-7-3-8-14-23)31(28)24-15-9-4-10-16-24/h2,5-6,11-12,17-20,23-24,26H,3-4,7-10,13-16H2,1H3/b29-27?,30-28+. The summed E-state index contributed by atoms with van der Waals surface area (Å²) in [6, 6.07) is 17.8. The van der Waals surface area contributed by atoms with Gasteiger partial charge in [0.25, 0.3) is 10.0 Å². The van der Waals surface area contributed by atoms with E-state index >= 15 is 0 Å². The van der Waals surface area contributed by atoms with Gasteiger partial charge in [0.2, 0.25) is 0 Å². The minimum absolute atomic E-state index is 0.190. The van der Waals surface area contributed by atoms with Crippen LogP contribution in [0.5, 0.6) is 0 Å². The highest BCUT2D eigenvalue weighted by Gasteiger charge is 2.48. The average molecular weight is 478 g/mol. The lowest BCUT2D eigenvalue weighted by atomic mass is 9.82. The molecule has 0 radical (unpaired) electrons. The molecule has 6 heteroatoms. The van der Waals surface area contributed by atoms with Gasteiger partial charge in [-0.2, -0.15) is 8.42 Å². The number of benzene rings is 2. The van der Waals surface area contributed by atoms with E-state index in [1.807, 2.05) is 37.3 Å². The molecule has 1 atom stereocenters. The summed E-state index contributed by atoms with van der Waals surface area (Å²) < 4.78 is 31.3. The summed E-state index contributed by atoms with van der Waals surface area (Å²) >= 11 is 0. The Balaban J connectivity index is 1.59. The Bertz CT molecular complexity index is 1140. The van der Waals surface area contributed by atoms with E-state index in [-0.39, 0.29) is 16.9 Å². The fraction of sp³-hybridized carbons (Fsp3) is 0.500. The normalized spacial score (nSPS) is 25.0. The molecule has 2 aromatic rings. The van der Waals surface area contributed by atoms with Crippen molar-refractivity contribution in [3.63, 3.8) is 0 Å². The molecule has 5 rings (SSSR count). The Morgan fingerprint density at radius 1 is 0.765 bits per heavy atom. The summed E-state index contributed by atoms with van der Waals surface area (Å²) in [5.74, 6) is 1.49. The van der Waals surface area contributed by atoms with Crippen molar-refractivity contribution in [1.82, 2.24) is 4.90 Å². The second-order valence-corrected chi connectivity index (χ2v) is 11.6. The molecule has 0 aromatic heterocycles. The summed E-state index contributed by atoms with van der Waals surface area (Å²) in [6.07, 6.45) is 11.7. The van der Waals surface area contributed by atoms with Gasteiger partial charge in [-0.3, -0.25) is 4.99 Å². The molecule has 0 spiro atoms. The zero-order chi connectivity index (χ0) is 23.5. The third kappa shape index (κ3) is 4.83. The Labute approximate surface area is 204 Å². The summed E-state index contributed by atoms with van der Waals surface area (Å²) in [6.45, 7) is 1.96. The van der Waals surface area contributed by atoms with Crippen LogP contribution in [0.2, 0.25) is 0 Å². The molecule has 2 saturated carbocycles. The highest BCUT2D eigenvalue weighted by atomic mass is 32.2. The van der Waals surface area contributed by atoms with Crippen molar-refractivity contribution in [2.45, 2.75) is 94.0 Å². The maximum atomic E-state index is 13.4. The first-order valence-corrected chi connectivity index (χ1v) is 14.3. The Kier molecular flexibility index (Phi) is 6.87. The van der Waals surface area contributed by atoms with Gasteiger partial charge < -0.3 is 4.90 Å². The summed E-state index contributed by atoms with van der Waals surface area (Å²) in [7, 11) is -3.81. The predicted octanol–water partition coefficient (Wildman–Crippen LogP) is 6.25. The van der Waals surface area contributed by atoms with E-state index < -0.39 is 10.0 Å². The molecule has 34 heavy (non-hydrogen) atoms. The van der Waals surface area contributed by atoms with Gasteiger partial charge in [-0.25, -0.2) is 0 Å². The van der Waals surface area contributed by atoms with Gasteiger partial charge in [0.05, 0.1) is 10.9 Å². The third-order valence-electron chi connectivity index (χ3n) is 7.50. The number of rotatable bonds is 5. The summed E-state index contributed by atoms with van der Waals surface area (Å²) in [5, 5.41) is 0. The molecule has 5 nitrogen and oxygen atoms in total. The molecular formula is C28H35N3O2S. The van der Waals surface area contributed by atoms with Gasteiger partial charge >= 0.3 is 0 Å². The van der Waals surface area contributed by atoms with Gasteiger partial charge in [-0.15, -0.1) is 4.40 Å². The van der Waals surface area contributed by atoms with Crippen LogP contribution in [-0.4, -0.2) is 37.1 Å². The minimum atomic E-state index is -3.81. The zero-order valence-corrected chi connectivity index (χ0v) is 20.9. The van der Waals surface area contributed by atoms with Crippen molar-refractivity contribution < 1.29 is 8.42 Å². The monoisotopic (exact) mass is 477 g/mol. The van der Waals surface area contributed by atoms with Crippen LogP contribution < -0.4 is 0 Å². The molecule has 1 aliphatic heterocycles. The van der Waals surface area contributed by atoms with Crippen molar-refractivity contribution in [3.05, 3.63) is 65.7 Å². The SMILES string of the molecule is Cc1ccc(S(=O)(=O)/N=C2\C(c3ccccc3)C(=NC3CCCCC3)N2C2CCCCC2)cc1. The van der Waals surface area contributed by atoms with Crippen molar-refractivity contribution in [3.8, 4) is 0 Å². The molecule has 3 aliphatic rings. The Morgan fingerprint density at radius 3 is 2.03 bits per heavy atom. The lowest BCUT2D eigenvalue weighted by molar-refractivity contribution is 0.293. The van der Waals surface area contributed by atoms with Crippen LogP contribution in [0.4, 0.5) is 0 Å². The Morgan fingerprint density at radius 2 is 1.38 bits per heavy atom. The quantitative estimate of drug-likeness (QED) is 0.512. The first-order chi connectivity index (χ1) is 16.5. The summed E-state index contributed by atoms with van der Waals surface area (Å²) in [5.41, 5.74) is 2.10. The van der Waals surface area contributed by atoms with Crippen LogP contribution >= 0.6 is 0 Å². The van der Waals surface area contributed by atoms with E-state index in [1.165, 1.54) is 38.5 Å². The highest BCUT2D eigenvalue weighted by Crippen LogP contribution is 2.40. The van der Waals surface area contributed by atoms with Crippen LogP contribution in [0.3, 0.4) is 0 Å². The number of likely N-dealkylation sites (tertiary alicyclic amines) is 1. The highest BCUT2D eigenvalue weighted by molar-refractivity contribution is 7.90. The maximum absolute atomic E-state index is 13.4. The van der Waals surface area contributed by atoms with Crippen LogP contribution in [0, 0.1) is 6.92 Å². The molecule has 1 saturated heterocycles. The van der Waals surface area contributed by atoms with Crippen molar-refractivity contribution in [1.29, 1.82) is 0 Å². The largest absolute Gasteiger partial charge is 0.313 e. The smallest absolute Gasteiger partial charge is 0.283 e. The number of sulfonamides is 1. The van der Waals surface area contributed by atoms with Crippen LogP contribution in [0.15, 0.2) is 68.9 Å². The number of aryl methyl sites for hydroxylation is 1. The number of amidine groups is 2. The first kappa shape index (κ1) is 23.3.